The quantitative estimate of drug-likeness (QED) is 0.815. The fourth-order valence-corrected chi connectivity index (χ4v) is 2.84. The molecule has 1 saturated heterocycles. The van der Waals surface area contributed by atoms with Crippen LogP contribution in [-0.2, 0) is 0 Å². The van der Waals surface area contributed by atoms with Crippen molar-refractivity contribution < 1.29 is 4.39 Å². The molecule has 2 N–H and O–H groups in total. The van der Waals surface area contributed by atoms with Crippen molar-refractivity contribution in [3.8, 4) is 0 Å². The lowest BCUT2D eigenvalue weighted by Gasteiger charge is -2.31. The zero-order valence-electron chi connectivity index (χ0n) is 10.2. The second-order valence-corrected chi connectivity index (χ2v) is 5.13. The SMILES string of the molecule is CCC1CCC(C)N1c1cc(Cl)c(F)cc1N. The molecule has 0 amide bonds. The van der Waals surface area contributed by atoms with Crippen LogP contribution in [0.1, 0.15) is 33.1 Å². The van der Waals surface area contributed by atoms with E-state index in [2.05, 4.69) is 18.7 Å². The highest BCUT2D eigenvalue weighted by Gasteiger charge is 2.30. The lowest BCUT2D eigenvalue weighted by atomic mass is 10.1. The predicted molar refractivity (Wildman–Crippen MR) is 71.1 cm³/mol. The van der Waals surface area contributed by atoms with Crippen LogP contribution in [0.4, 0.5) is 15.8 Å². The van der Waals surface area contributed by atoms with Crippen molar-refractivity contribution in [1.29, 1.82) is 0 Å². The number of nitrogens with zero attached hydrogens (tertiary/aromatic N) is 1. The summed E-state index contributed by atoms with van der Waals surface area (Å²) in [6.07, 6.45) is 3.37. The van der Waals surface area contributed by atoms with Crippen LogP contribution in [-0.4, -0.2) is 12.1 Å². The van der Waals surface area contributed by atoms with Crippen molar-refractivity contribution in [2.45, 2.75) is 45.2 Å². The van der Waals surface area contributed by atoms with E-state index >= 15 is 0 Å². The van der Waals surface area contributed by atoms with Crippen LogP contribution in [0.15, 0.2) is 12.1 Å². The van der Waals surface area contributed by atoms with Crippen LogP contribution in [0.2, 0.25) is 5.02 Å². The second kappa shape index (κ2) is 4.73. The third-order valence-corrected chi connectivity index (χ3v) is 3.89. The maximum Gasteiger partial charge on any atom is 0.143 e. The molecule has 1 fully saturated rings. The number of anilines is 2. The van der Waals surface area contributed by atoms with Crippen molar-refractivity contribution in [1.82, 2.24) is 0 Å². The number of hydrogen-bond acceptors (Lipinski definition) is 2. The van der Waals surface area contributed by atoms with Gasteiger partial charge in [-0.2, -0.15) is 0 Å². The number of nitrogens with two attached hydrogens (primary N) is 1. The van der Waals surface area contributed by atoms with Crippen LogP contribution in [0, 0.1) is 5.82 Å². The third-order valence-electron chi connectivity index (χ3n) is 3.60. The molecule has 0 spiro atoms. The number of hydrogen-bond donors (Lipinski definition) is 1. The Morgan fingerprint density at radius 3 is 2.82 bits per heavy atom. The third kappa shape index (κ3) is 2.21. The molecule has 0 radical (unpaired) electrons. The maximum atomic E-state index is 13.3. The molecule has 4 heteroatoms. The van der Waals surface area contributed by atoms with E-state index in [0.717, 1.165) is 24.9 Å². The first-order valence-electron chi connectivity index (χ1n) is 6.07. The Morgan fingerprint density at radius 1 is 1.47 bits per heavy atom. The molecular formula is C13H18ClFN2. The highest BCUT2D eigenvalue weighted by Crippen LogP contribution is 2.37. The van der Waals surface area contributed by atoms with Gasteiger partial charge in [0.25, 0.3) is 0 Å². The standard InChI is InChI=1S/C13H18ClFN2/c1-3-9-5-4-8(2)17(9)13-6-10(14)11(15)7-12(13)16/h6-9H,3-5,16H2,1-2H3. The van der Waals surface area contributed by atoms with Crippen LogP contribution >= 0.6 is 11.6 Å². The van der Waals surface area contributed by atoms with Crippen molar-refractivity contribution in [2.24, 2.45) is 0 Å². The molecule has 2 rings (SSSR count). The summed E-state index contributed by atoms with van der Waals surface area (Å²) in [4.78, 5) is 2.28. The van der Waals surface area contributed by atoms with Crippen LogP contribution < -0.4 is 10.6 Å². The Morgan fingerprint density at radius 2 is 2.18 bits per heavy atom. The van der Waals surface area contributed by atoms with Crippen LogP contribution in [0.3, 0.4) is 0 Å². The van der Waals surface area contributed by atoms with E-state index in [1.54, 1.807) is 6.07 Å². The van der Waals surface area contributed by atoms with Gasteiger partial charge in [-0.1, -0.05) is 18.5 Å². The Bertz CT molecular complexity index is 422. The number of halogens is 2. The van der Waals surface area contributed by atoms with Gasteiger partial charge in [-0.25, -0.2) is 4.39 Å². The molecule has 94 valence electrons. The molecule has 1 aliphatic rings. The lowest BCUT2D eigenvalue weighted by Crippen LogP contribution is -2.34. The first kappa shape index (κ1) is 12.5. The summed E-state index contributed by atoms with van der Waals surface area (Å²) < 4.78 is 13.3. The minimum absolute atomic E-state index is 0.142. The minimum Gasteiger partial charge on any atom is -0.397 e. The second-order valence-electron chi connectivity index (χ2n) is 4.72. The van der Waals surface area contributed by atoms with Gasteiger partial charge in [0.05, 0.1) is 16.4 Å². The normalized spacial score (nSPS) is 24.4. The summed E-state index contributed by atoms with van der Waals surface area (Å²) in [6.45, 7) is 4.34. The Hall–Kier alpha value is -0.960. The molecule has 2 atom stereocenters. The Kier molecular flexibility index (Phi) is 3.48. The van der Waals surface area contributed by atoms with Crippen LogP contribution in [0.5, 0.6) is 0 Å². The fourth-order valence-electron chi connectivity index (χ4n) is 2.68. The average molecular weight is 257 g/mol. The summed E-state index contributed by atoms with van der Waals surface area (Å²) >= 11 is 5.85. The predicted octanol–water partition coefficient (Wildman–Crippen LogP) is 3.83. The molecule has 0 aliphatic carbocycles. The van der Waals surface area contributed by atoms with Crippen molar-refractivity contribution in [3.05, 3.63) is 23.0 Å². The van der Waals surface area contributed by atoms with Gasteiger partial charge in [-0.3, -0.25) is 0 Å². The lowest BCUT2D eigenvalue weighted by molar-refractivity contribution is 0.619. The first-order valence-corrected chi connectivity index (χ1v) is 6.45. The van der Waals surface area contributed by atoms with E-state index in [1.165, 1.54) is 6.07 Å². The van der Waals surface area contributed by atoms with E-state index in [1.807, 2.05) is 0 Å². The maximum absolute atomic E-state index is 13.3. The van der Waals surface area contributed by atoms with Gasteiger partial charge in [-0.05, 0) is 32.3 Å². The Balaban J connectivity index is 2.42. The minimum atomic E-state index is -0.451. The van der Waals surface area contributed by atoms with E-state index in [0.29, 0.717) is 17.8 Å². The summed E-state index contributed by atoms with van der Waals surface area (Å²) in [5.41, 5.74) is 7.25. The van der Waals surface area contributed by atoms with Gasteiger partial charge >= 0.3 is 0 Å². The van der Waals surface area contributed by atoms with Crippen molar-refractivity contribution in [3.63, 3.8) is 0 Å². The van der Waals surface area contributed by atoms with Gasteiger partial charge in [0.2, 0.25) is 0 Å². The molecule has 2 nitrogen and oxygen atoms in total. The van der Waals surface area contributed by atoms with Gasteiger partial charge in [0.1, 0.15) is 5.82 Å². The molecule has 0 saturated carbocycles. The number of benzene rings is 1. The highest BCUT2D eigenvalue weighted by molar-refractivity contribution is 6.31. The molecule has 0 aromatic heterocycles. The topological polar surface area (TPSA) is 29.3 Å². The number of rotatable bonds is 2. The molecule has 1 aliphatic heterocycles. The molecular weight excluding hydrogens is 239 g/mol. The van der Waals surface area contributed by atoms with Crippen molar-refractivity contribution in [2.75, 3.05) is 10.6 Å². The molecule has 1 aromatic carbocycles. The van der Waals surface area contributed by atoms with E-state index < -0.39 is 5.82 Å². The summed E-state index contributed by atoms with van der Waals surface area (Å²) in [7, 11) is 0. The van der Waals surface area contributed by atoms with E-state index in [4.69, 9.17) is 17.3 Å². The molecule has 0 bridgehead atoms. The first-order chi connectivity index (χ1) is 8.04. The van der Waals surface area contributed by atoms with Gasteiger partial charge < -0.3 is 10.6 Å². The average Bonchev–Trinajstić information content (AvgIpc) is 2.65. The molecule has 1 heterocycles. The van der Waals surface area contributed by atoms with E-state index in [-0.39, 0.29) is 5.02 Å². The monoisotopic (exact) mass is 256 g/mol. The van der Waals surface area contributed by atoms with E-state index in [9.17, 15) is 4.39 Å². The fraction of sp³-hybridized carbons (Fsp3) is 0.538. The summed E-state index contributed by atoms with van der Waals surface area (Å²) in [6, 6.07) is 3.88. The molecule has 2 unspecified atom stereocenters. The van der Waals surface area contributed by atoms with Crippen LogP contribution in [0.25, 0.3) is 0 Å². The zero-order chi connectivity index (χ0) is 12.6. The van der Waals surface area contributed by atoms with Gasteiger partial charge in [0.15, 0.2) is 0 Å². The smallest absolute Gasteiger partial charge is 0.143 e. The largest absolute Gasteiger partial charge is 0.397 e. The number of nitrogen functional groups attached to an aromatic ring is 1. The Labute approximate surface area is 107 Å². The summed E-state index contributed by atoms with van der Waals surface area (Å²) in [5.74, 6) is -0.451. The molecule has 1 aromatic rings. The zero-order valence-corrected chi connectivity index (χ0v) is 11.0. The molecule has 17 heavy (non-hydrogen) atoms. The van der Waals surface area contributed by atoms with Crippen molar-refractivity contribution >= 4 is 23.0 Å². The highest BCUT2D eigenvalue weighted by atomic mass is 35.5. The summed E-state index contributed by atoms with van der Waals surface area (Å²) in [5, 5.41) is 0.142. The van der Waals surface area contributed by atoms with Gasteiger partial charge in [0, 0.05) is 18.2 Å². The van der Waals surface area contributed by atoms with Gasteiger partial charge in [-0.15, -0.1) is 0 Å².